The molecule has 0 bridgehead atoms. The summed E-state index contributed by atoms with van der Waals surface area (Å²) in [5, 5.41) is 18.2. The second-order valence-electron chi connectivity index (χ2n) is 4.55. The van der Waals surface area contributed by atoms with Gasteiger partial charge in [0.2, 0.25) is 5.84 Å². The minimum atomic E-state index is -0.904. The molecular formula is C14H20N3O4S+. The molecule has 0 aliphatic heterocycles. The van der Waals surface area contributed by atoms with Crippen LogP contribution in [0, 0.1) is 0 Å². The van der Waals surface area contributed by atoms with Gasteiger partial charge in [-0.25, -0.2) is 4.58 Å². The van der Waals surface area contributed by atoms with Crippen LogP contribution in [0.5, 0.6) is 5.75 Å². The number of nitrogens with two attached hydrogens (primary N) is 2. The monoisotopic (exact) mass is 326 g/mol. The molecule has 7 nitrogen and oxygen atoms in total. The molecule has 0 aliphatic carbocycles. The summed E-state index contributed by atoms with van der Waals surface area (Å²) in [6.07, 6.45) is 0.323. The van der Waals surface area contributed by atoms with E-state index in [0.717, 1.165) is 0 Å². The number of methoxy groups -OCH3 is 1. The second-order valence-corrected chi connectivity index (χ2v) is 4.97. The van der Waals surface area contributed by atoms with Gasteiger partial charge < -0.3 is 26.4 Å². The van der Waals surface area contributed by atoms with Crippen molar-refractivity contribution < 1.29 is 24.3 Å². The molecule has 0 fully saturated rings. The van der Waals surface area contributed by atoms with Crippen molar-refractivity contribution in [2.75, 3.05) is 13.7 Å². The largest absolute Gasteiger partial charge is 0.497 e. The Morgan fingerprint density at radius 2 is 2.09 bits per heavy atom. The lowest BCUT2D eigenvalue weighted by molar-refractivity contribution is -0.407. The lowest BCUT2D eigenvalue weighted by atomic mass is 10.1. The molecule has 6 N–H and O–H groups in total. The van der Waals surface area contributed by atoms with Crippen molar-refractivity contribution in [1.82, 2.24) is 0 Å². The van der Waals surface area contributed by atoms with Gasteiger partial charge in [-0.3, -0.25) is 4.79 Å². The molecule has 0 aromatic heterocycles. The molecule has 0 aliphatic rings. The van der Waals surface area contributed by atoms with Gasteiger partial charge in [0.1, 0.15) is 5.75 Å². The van der Waals surface area contributed by atoms with Crippen LogP contribution < -0.4 is 16.2 Å². The van der Waals surface area contributed by atoms with Crippen molar-refractivity contribution in [2.24, 2.45) is 11.5 Å². The Labute approximate surface area is 133 Å². The predicted molar refractivity (Wildman–Crippen MR) is 86.0 cm³/mol. The first-order valence-electron chi connectivity index (χ1n) is 6.60. The Morgan fingerprint density at radius 1 is 1.41 bits per heavy atom. The molecule has 0 atom stereocenters. The summed E-state index contributed by atoms with van der Waals surface area (Å²) in [7, 11) is 1.52. The summed E-state index contributed by atoms with van der Waals surface area (Å²) in [6, 6.07) is 5.07. The zero-order valence-electron chi connectivity index (χ0n) is 12.3. The standard InChI is InChI=1S/C14H19N3O4S/c1-21-10-5-4-9(8-18)11(7-10)13(15)17(14(16)22)6-2-3-12(19)20/h4-5,7,15,18H,2-3,6,8H2,1H3,(H3,16,19,20,22)/p+1. The van der Waals surface area contributed by atoms with E-state index in [1.165, 1.54) is 11.7 Å². The van der Waals surface area contributed by atoms with Crippen LogP contribution in [-0.2, 0) is 11.4 Å². The van der Waals surface area contributed by atoms with E-state index in [0.29, 0.717) is 23.3 Å². The highest BCUT2D eigenvalue weighted by Crippen LogP contribution is 2.17. The first-order valence-corrected chi connectivity index (χ1v) is 7.00. The SMILES string of the molecule is COc1ccc(CO)c(C(N)=[N+](CCCC(=O)O)C(N)=S)c1. The Kier molecular flexibility index (Phi) is 6.74. The number of carboxylic acids is 1. The predicted octanol–water partition coefficient (Wildman–Crippen LogP) is 0.0137. The smallest absolute Gasteiger partial charge is 0.303 e. The zero-order chi connectivity index (χ0) is 16.7. The molecule has 0 radical (unpaired) electrons. The molecule has 0 saturated carbocycles. The number of ether oxygens (including phenoxy) is 1. The van der Waals surface area contributed by atoms with Crippen molar-refractivity contribution in [2.45, 2.75) is 19.4 Å². The van der Waals surface area contributed by atoms with Gasteiger partial charge in [-0.1, -0.05) is 6.07 Å². The summed E-state index contributed by atoms with van der Waals surface area (Å²) in [4.78, 5) is 10.6. The number of aliphatic hydroxyl groups excluding tert-OH is 1. The molecule has 1 rings (SSSR count). The van der Waals surface area contributed by atoms with Crippen molar-refractivity contribution in [3.63, 3.8) is 0 Å². The van der Waals surface area contributed by atoms with Crippen LogP contribution in [0.3, 0.4) is 0 Å². The van der Waals surface area contributed by atoms with E-state index in [2.05, 4.69) is 0 Å². The van der Waals surface area contributed by atoms with E-state index in [4.69, 9.17) is 33.5 Å². The molecule has 1 aromatic rings. The van der Waals surface area contributed by atoms with Crippen LogP contribution in [-0.4, -0.2) is 45.4 Å². The number of amidine groups is 1. The van der Waals surface area contributed by atoms with E-state index < -0.39 is 5.97 Å². The van der Waals surface area contributed by atoms with E-state index in [1.807, 2.05) is 0 Å². The van der Waals surface area contributed by atoms with Gasteiger partial charge in [0, 0.05) is 6.42 Å². The van der Waals surface area contributed by atoms with Crippen LogP contribution in [0.25, 0.3) is 0 Å². The van der Waals surface area contributed by atoms with E-state index in [1.54, 1.807) is 18.2 Å². The third-order valence-electron chi connectivity index (χ3n) is 3.09. The Morgan fingerprint density at radius 3 is 2.59 bits per heavy atom. The molecule has 0 saturated heterocycles. The zero-order valence-corrected chi connectivity index (χ0v) is 13.1. The van der Waals surface area contributed by atoms with Crippen molar-refractivity contribution >= 4 is 29.1 Å². The normalized spacial score (nSPS) is 11.7. The maximum atomic E-state index is 10.6. The highest BCUT2D eigenvalue weighted by molar-refractivity contribution is 7.79. The van der Waals surface area contributed by atoms with Crippen LogP contribution in [0.15, 0.2) is 18.2 Å². The highest BCUT2D eigenvalue weighted by atomic mass is 32.1. The molecule has 0 heterocycles. The highest BCUT2D eigenvalue weighted by Gasteiger charge is 2.17. The number of nitrogens with zero attached hydrogens (tertiary/aromatic N) is 1. The molecule has 8 heteroatoms. The van der Waals surface area contributed by atoms with Gasteiger partial charge in [0.15, 0.2) is 0 Å². The summed E-state index contributed by atoms with van der Waals surface area (Å²) in [5.41, 5.74) is 12.9. The summed E-state index contributed by atoms with van der Waals surface area (Å²) in [5.74, 6) is -0.0803. The quantitative estimate of drug-likeness (QED) is 0.241. The van der Waals surface area contributed by atoms with Gasteiger partial charge in [-0.2, -0.15) is 0 Å². The van der Waals surface area contributed by atoms with E-state index >= 15 is 0 Å². The maximum absolute atomic E-state index is 10.6. The number of carboxylic acid groups (broad SMARTS) is 1. The van der Waals surface area contributed by atoms with Gasteiger partial charge in [0.05, 0.1) is 25.8 Å². The van der Waals surface area contributed by atoms with Crippen LogP contribution >= 0.6 is 12.2 Å². The average molecular weight is 326 g/mol. The fraction of sp³-hybridized carbons (Fsp3) is 0.357. The number of aliphatic carboxylic acids is 1. The molecule has 1 aromatic carbocycles. The van der Waals surface area contributed by atoms with Crippen molar-refractivity contribution in [1.29, 1.82) is 0 Å². The second kappa shape index (κ2) is 8.30. The Balaban J connectivity index is 3.22. The van der Waals surface area contributed by atoms with Gasteiger partial charge in [-0.05, 0) is 36.3 Å². The fourth-order valence-corrected chi connectivity index (χ4v) is 2.13. The lowest BCUT2D eigenvalue weighted by Gasteiger charge is -2.12. The maximum Gasteiger partial charge on any atom is 0.303 e. The topological polar surface area (TPSA) is 122 Å². The minimum absolute atomic E-state index is 0.0165. The molecule has 120 valence electrons. The van der Waals surface area contributed by atoms with Crippen molar-refractivity contribution in [3.05, 3.63) is 29.3 Å². The molecular weight excluding hydrogens is 306 g/mol. The Hall–Kier alpha value is -2.19. The molecule has 0 spiro atoms. The number of hydrogen-bond donors (Lipinski definition) is 4. The van der Waals surface area contributed by atoms with Gasteiger partial charge in [-0.15, -0.1) is 0 Å². The van der Waals surface area contributed by atoms with E-state index in [-0.39, 0.29) is 30.5 Å². The number of benzene rings is 1. The first-order chi connectivity index (χ1) is 10.4. The summed E-state index contributed by atoms with van der Waals surface area (Å²) in [6.45, 7) is 0.0653. The summed E-state index contributed by atoms with van der Waals surface area (Å²) >= 11 is 4.97. The number of aliphatic hydroxyl groups is 1. The molecule has 22 heavy (non-hydrogen) atoms. The fourth-order valence-electron chi connectivity index (χ4n) is 1.94. The number of hydrogen-bond acceptors (Lipinski definition) is 4. The van der Waals surface area contributed by atoms with Crippen molar-refractivity contribution in [3.8, 4) is 5.75 Å². The van der Waals surface area contributed by atoms with Crippen LogP contribution in [0.4, 0.5) is 0 Å². The number of thiocarbonyl (C=S) groups is 1. The van der Waals surface area contributed by atoms with Gasteiger partial charge in [0.25, 0.3) is 5.11 Å². The minimum Gasteiger partial charge on any atom is -0.497 e. The molecule has 0 unspecified atom stereocenters. The number of rotatable bonds is 7. The lowest BCUT2D eigenvalue weighted by Crippen LogP contribution is -2.38. The van der Waals surface area contributed by atoms with Gasteiger partial charge >= 0.3 is 5.97 Å². The average Bonchev–Trinajstić information content (AvgIpc) is 2.49. The van der Waals surface area contributed by atoms with E-state index in [9.17, 15) is 9.90 Å². The summed E-state index contributed by atoms with van der Waals surface area (Å²) < 4.78 is 6.60. The number of carbonyl (C=O) groups is 1. The third kappa shape index (κ3) is 4.68. The molecule has 0 amide bonds. The van der Waals surface area contributed by atoms with Crippen LogP contribution in [0.1, 0.15) is 24.0 Å². The first kappa shape index (κ1) is 17.9. The third-order valence-corrected chi connectivity index (χ3v) is 3.31. The van der Waals surface area contributed by atoms with Crippen LogP contribution in [0.2, 0.25) is 0 Å². The Bertz CT molecular complexity index is 602.